The van der Waals surface area contributed by atoms with Crippen LogP contribution in [0, 0.1) is 10.1 Å². The molecule has 33 heavy (non-hydrogen) atoms. The van der Waals surface area contributed by atoms with E-state index in [4.69, 9.17) is 0 Å². The van der Waals surface area contributed by atoms with Gasteiger partial charge in [-0.3, -0.25) is 14.9 Å². The molecule has 1 amide bonds. The number of aromatic nitrogens is 3. The number of allylic oxidation sites excluding steroid dienone is 2. The summed E-state index contributed by atoms with van der Waals surface area (Å²) in [7, 11) is 0. The number of nitro groups is 1. The number of hydrogen-bond acceptors (Lipinski definition) is 7. The van der Waals surface area contributed by atoms with Crippen LogP contribution in [0.4, 0.5) is 11.4 Å². The number of hydrogen-bond donors (Lipinski definition) is 0. The minimum atomic E-state index is -0.892. The van der Waals surface area contributed by atoms with E-state index in [-0.39, 0.29) is 31.9 Å². The molecule has 12 heteroatoms. The Morgan fingerprint density at radius 1 is 0.909 bits per heavy atom. The molecular weight excluding hydrogens is 432 g/mol. The zero-order chi connectivity index (χ0) is 24.1. The Labute approximate surface area is 188 Å². The molecule has 12 nitrogen and oxygen atoms in total. The van der Waals surface area contributed by atoms with Crippen LogP contribution >= 0.6 is 0 Å². The van der Waals surface area contributed by atoms with Gasteiger partial charge in [-0.25, -0.2) is 28.1 Å². The normalized spacial score (nSPS) is 13.6. The Morgan fingerprint density at radius 3 is 1.94 bits per heavy atom. The molecule has 1 saturated heterocycles. The maximum absolute atomic E-state index is 12.9. The molecule has 2 aromatic rings. The molecule has 1 aliphatic rings. The second kappa shape index (κ2) is 9.94. The van der Waals surface area contributed by atoms with Crippen molar-refractivity contribution < 1.29 is 9.72 Å². The second-order valence-corrected chi connectivity index (χ2v) is 7.35. The van der Waals surface area contributed by atoms with Crippen molar-refractivity contribution in [3.63, 3.8) is 0 Å². The van der Waals surface area contributed by atoms with E-state index in [1.165, 1.54) is 23.1 Å². The SMILES string of the molecule is C=CCn1c(=O)n(CC=C)c(=O)n(CC(=O)N2CCN(c3ccccc3[N+](=O)[O-])CC2)c1=O. The van der Waals surface area contributed by atoms with E-state index in [0.29, 0.717) is 18.8 Å². The molecule has 2 heterocycles. The molecule has 1 aromatic heterocycles. The highest BCUT2D eigenvalue weighted by atomic mass is 16.6. The van der Waals surface area contributed by atoms with Crippen LogP contribution in [0.15, 0.2) is 64.0 Å². The van der Waals surface area contributed by atoms with Crippen molar-refractivity contribution in [3.8, 4) is 0 Å². The van der Waals surface area contributed by atoms with Crippen molar-refractivity contribution in [1.29, 1.82) is 0 Å². The van der Waals surface area contributed by atoms with Crippen molar-refractivity contribution in [2.75, 3.05) is 31.1 Å². The second-order valence-electron chi connectivity index (χ2n) is 7.35. The molecule has 0 N–H and O–H groups in total. The number of benzene rings is 1. The fraction of sp³-hybridized carbons (Fsp3) is 0.333. The lowest BCUT2D eigenvalue weighted by Crippen LogP contribution is -2.56. The first-order valence-electron chi connectivity index (χ1n) is 10.2. The summed E-state index contributed by atoms with van der Waals surface area (Å²) >= 11 is 0. The van der Waals surface area contributed by atoms with Crippen molar-refractivity contribution in [3.05, 3.63) is 91.1 Å². The molecule has 0 atom stereocenters. The average Bonchev–Trinajstić information content (AvgIpc) is 2.82. The zero-order valence-corrected chi connectivity index (χ0v) is 18.0. The number of amides is 1. The van der Waals surface area contributed by atoms with Gasteiger partial charge in [0.2, 0.25) is 5.91 Å². The number of para-hydroxylation sites is 2. The van der Waals surface area contributed by atoms with Gasteiger partial charge in [-0.1, -0.05) is 24.3 Å². The highest BCUT2D eigenvalue weighted by Crippen LogP contribution is 2.28. The number of nitro benzene ring substituents is 1. The third-order valence-electron chi connectivity index (χ3n) is 5.35. The molecule has 1 fully saturated rings. The third-order valence-corrected chi connectivity index (χ3v) is 5.35. The fourth-order valence-electron chi connectivity index (χ4n) is 3.71. The van der Waals surface area contributed by atoms with Crippen LogP contribution in [0.2, 0.25) is 0 Å². The third kappa shape index (κ3) is 4.68. The van der Waals surface area contributed by atoms with Crippen LogP contribution in [0.1, 0.15) is 0 Å². The van der Waals surface area contributed by atoms with Gasteiger partial charge in [-0.2, -0.15) is 0 Å². The van der Waals surface area contributed by atoms with Gasteiger partial charge in [0, 0.05) is 32.2 Å². The minimum absolute atomic E-state index is 0.0175. The van der Waals surface area contributed by atoms with Gasteiger partial charge in [0.05, 0.1) is 18.0 Å². The van der Waals surface area contributed by atoms with Crippen molar-refractivity contribution in [2.24, 2.45) is 0 Å². The van der Waals surface area contributed by atoms with E-state index in [2.05, 4.69) is 13.2 Å². The summed E-state index contributed by atoms with van der Waals surface area (Å²) in [4.78, 5) is 64.9. The smallest absolute Gasteiger partial charge is 0.337 e. The van der Waals surface area contributed by atoms with Gasteiger partial charge in [-0.15, -0.1) is 13.2 Å². The first kappa shape index (κ1) is 23.4. The van der Waals surface area contributed by atoms with E-state index in [9.17, 15) is 29.3 Å². The Morgan fingerprint density at radius 2 is 1.42 bits per heavy atom. The number of rotatable bonds is 8. The van der Waals surface area contributed by atoms with Crippen LogP contribution in [0.25, 0.3) is 0 Å². The summed E-state index contributed by atoms with van der Waals surface area (Å²) in [5.74, 6) is -0.467. The Hall–Kier alpha value is -4.22. The predicted molar refractivity (Wildman–Crippen MR) is 122 cm³/mol. The first-order valence-corrected chi connectivity index (χ1v) is 10.2. The maximum atomic E-state index is 12.9. The average molecular weight is 456 g/mol. The summed E-state index contributed by atoms with van der Waals surface area (Å²) < 4.78 is 2.39. The van der Waals surface area contributed by atoms with Crippen molar-refractivity contribution in [2.45, 2.75) is 19.6 Å². The molecule has 0 aliphatic carbocycles. The summed E-state index contributed by atoms with van der Waals surface area (Å²) in [6.07, 6.45) is 2.69. The summed E-state index contributed by atoms with van der Waals surface area (Å²) in [5, 5.41) is 11.3. The van der Waals surface area contributed by atoms with E-state index < -0.39 is 34.4 Å². The van der Waals surface area contributed by atoms with Gasteiger partial charge < -0.3 is 9.80 Å². The number of carbonyl (C=O) groups is 1. The molecule has 0 spiro atoms. The van der Waals surface area contributed by atoms with Gasteiger partial charge in [-0.05, 0) is 6.07 Å². The highest BCUT2D eigenvalue weighted by molar-refractivity contribution is 5.76. The molecule has 1 aromatic carbocycles. The molecule has 0 radical (unpaired) electrons. The molecule has 0 bridgehead atoms. The topological polar surface area (TPSA) is 133 Å². The van der Waals surface area contributed by atoms with Gasteiger partial charge in [0.25, 0.3) is 5.69 Å². The molecular formula is C21H24N6O6. The number of nitrogens with zero attached hydrogens (tertiary/aromatic N) is 6. The largest absolute Gasteiger partial charge is 0.362 e. The van der Waals surface area contributed by atoms with Crippen molar-refractivity contribution in [1.82, 2.24) is 18.6 Å². The number of anilines is 1. The zero-order valence-electron chi connectivity index (χ0n) is 18.0. The van der Waals surface area contributed by atoms with E-state index in [0.717, 1.165) is 13.7 Å². The first-order chi connectivity index (χ1) is 15.8. The van der Waals surface area contributed by atoms with E-state index in [1.54, 1.807) is 18.2 Å². The number of piperazine rings is 1. The Kier molecular flexibility index (Phi) is 7.06. The lowest BCUT2D eigenvalue weighted by atomic mass is 10.2. The lowest BCUT2D eigenvalue weighted by molar-refractivity contribution is -0.384. The standard InChI is InChI=1S/C21H24N6O6/c1-3-9-24-19(29)25(10-4-2)21(31)26(20(24)30)15-18(28)23-13-11-22(12-14-23)16-7-5-6-8-17(16)27(32)33/h3-8H,1-2,9-15H2. The van der Waals surface area contributed by atoms with Crippen LogP contribution in [0.3, 0.4) is 0 Å². The maximum Gasteiger partial charge on any atom is 0.337 e. The summed E-state index contributed by atoms with van der Waals surface area (Å²) in [5.41, 5.74) is -2.13. The monoisotopic (exact) mass is 456 g/mol. The quantitative estimate of drug-likeness (QED) is 0.305. The predicted octanol–water partition coefficient (Wildman–Crippen LogP) is -0.199. The molecule has 174 valence electrons. The number of carbonyl (C=O) groups excluding carboxylic acids is 1. The van der Waals surface area contributed by atoms with Crippen LogP contribution in [-0.2, 0) is 24.4 Å². The fourth-order valence-corrected chi connectivity index (χ4v) is 3.71. The summed E-state index contributed by atoms with van der Waals surface area (Å²) in [6, 6.07) is 6.37. The van der Waals surface area contributed by atoms with Crippen LogP contribution in [0.5, 0.6) is 0 Å². The highest BCUT2D eigenvalue weighted by Gasteiger charge is 2.26. The van der Waals surface area contributed by atoms with Gasteiger partial charge >= 0.3 is 17.1 Å². The van der Waals surface area contributed by atoms with E-state index >= 15 is 0 Å². The van der Waals surface area contributed by atoms with Crippen LogP contribution in [-0.4, -0.2) is 55.6 Å². The lowest BCUT2D eigenvalue weighted by Gasteiger charge is -2.35. The van der Waals surface area contributed by atoms with Gasteiger partial charge in [0.15, 0.2) is 0 Å². The molecule has 0 saturated carbocycles. The summed E-state index contributed by atoms with van der Waals surface area (Å²) in [6.45, 7) is 7.48. The van der Waals surface area contributed by atoms with Gasteiger partial charge in [0.1, 0.15) is 12.2 Å². The Balaban J connectivity index is 1.81. The van der Waals surface area contributed by atoms with E-state index in [1.807, 2.05) is 4.90 Å². The molecule has 0 unspecified atom stereocenters. The Bertz CT molecular complexity index is 1220. The van der Waals surface area contributed by atoms with Crippen molar-refractivity contribution >= 4 is 17.3 Å². The molecule has 3 rings (SSSR count). The molecule has 1 aliphatic heterocycles. The minimum Gasteiger partial charge on any atom is -0.362 e. The van der Waals surface area contributed by atoms with Crippen LogP contribution < -0.4 is 22.0 Å².